The van der Waals surface area contributed by atoms with Gasteiger partial charge in [0.2, 0.25) is 0 Å². The van der Waals surface area contributed by atoms with Crippen molar-refractivity contribution < 1.29 is 19.4 Å². The second-order valence-electron chi connectivity index (χ2n) is 5.17. The summed E-state index contributed by atoms with van der Waals surface area (Å²) in [5.41, 5.74) is 2.98. The molecule has 0 bridgehead atoms. The van der Waals surface area contributed by atoms with Gasteiger partial charge < -0.3 is 14.6 Å². The van der Waals surface area contributed by atoms with Crippen LogP contribution in [0.1, 0.15) is 29.5 Å². The zero-order valence-corrected chi connectivity index (χ0v) is 13.5. The van der Waals surface area contributed by atoms with Crippen LogP contribution in [0.2, 0.25) is 0 Å². The lowest BCUT2D eigenvalue weighted by atomic mass is 9.89. The summed E-state index contributed by atoms with van der Waals surface area (Å²) < 4.78 is 10.8. The summed E-state index contributed by atoms with van der Waals surface area (Å²) in [6.45, 7) is 5.82. The molecule has 4 nitrogen and oxygen atoms in total. The molecule has 0 heterocycles. The number of carbonyl (C=O) groups is 1. The topological polar surface area (TPSA) is 55.8 Å². The smallest absolute Gasteiger partial charge is 0.310 e. The summed E-state index contributed by atoms with van der Waals surface area (Å²) in [6.07, 6.45) is 0. The van der Waals surface area contributed by atoms with Crippen LogP contribution in [0.5, 0.6) is 11.5 Å². The number of carboxylic acids is 1. The van der Waals surface area contributed by atoms with Gasteiger partial charge in [0.15, 0.2) is 11.5 Å². The molecule has 0 radical (unpaired) electrons. The van der Waals surface area contributed by atoms with Gasteiger partial charge in [-0.25, -0.2) is 0 Å². The van der Waals surface area contributed by atoms with Crippen molar-refractivity contribution >= 4 is 11.5 Å². The van der Waals surface area contributed by atoms with Crippen molar-refractivity contribution in [1.82, 2.24) is 0 Å². The van der Waals surface area contributed by atoms with Crippen molar-refractivity contribution in [3.63, 3.8) is 0 Å². The predicted molar refractivity (Wildman–Crippen MR) is 90.2 cm³/mol. The van der Waals surface area contributed by atoms with Gasteiger partial charge in [-0.1, -0.05) is 43.0 Å². The Morgan fingerprint density at radius 2 is 1.70 bits per heavy atom. The second kappa shape index (κ2) is 7.01. The first-order chi connectivity index (χ1) is 11.0. The molecule has 0 fully saturated rings. The Bertz CT molecular complexity index is 734. The lowest BCUT2D eigenvalue weighted by Gasteiger charge is -2.18. The number of methoxy groups -OCH3 is 2. The fraction of sp³-hybridized carbons (Fsp3) is 0.211. The lowest BCUT2D eigenvalue weighted by Crippen LogP contribution is -2.10. The van der Waals surface area contributed by atoms with Gasteiger partial charge in [0.1, 0.15) is 0 Å². The van der Waals surface area contributed by atoms with Crippen LogP contribution in [0.3, 0.4) is 0 Å². The van der Waals surface area contributed by atoms with Crippen molar-refractivity contribution in [3.05, 3.63) is 65.7 Å². The lowest BCUT2D eigenvalue weighted by molar-refractivity contribution is -0.138. The van der Waals surface area contributed by atoms with E-state index in [0.717, 1.165) is 16.7 Å². The van der Waals surface area contributed by atoms with Gasteiger partial charge in [-0.2, -0.15) is 0 Å². The number of hydrogen-bond donors (Lipinski definition) is 1. The first-order valence-corrected chi connectivity index (χ1v) is 7.23. The maximum atomic E-state index is 11.4. The van der Waals surface area contributed by atoms with Crippen molar-refractivity contribution in [3.8, 4) is 11.5 Å². The van der Waals surface area contributed by atoms with E-state index < -0.39 is 11.9 Å². The van der Waals surface area contributed by atoms with E-state index in [-0.39, 0.29) is 0 Å². The monoisotopic (exact) mass is 312 g/mol. The average Bonchev–Trinajstić information content (AvgIpc) is 2.59. The maximum Gasteiger partial charge on any atom is 0.310 e. The SMILES string of the molecule is C=C(c1ccccc1C(C)C(=O)O)c1cccc(OC)c1OC. The molecule has 2 aromatic carbocycles. The summed E-state index contributed by atoms with van der Waals surface area (Å²) in [5, 5.41) is 9.32. The van der Waals surface area contributed by atoms with Crippen LogP contribution in [0.4, 0.5) is 0 Å². The normalized spacial score (nSPS) is 11.6. The number of carboxylic acid groups (broad SMARTS) is 1. The first kappa shape index (κ1) is 16.6. The van der Waals surface area contributed by atoms with Gasteiger partial charge in [0.25, 0.3) is 0 Å². The minimum Gasteiger partial charge on any atom is -0.493 e. The number of rotatable bonds is 6. The van der Waals surface area contributed by atoms with E-state index in [1.165, 1.54) is 0 Å². The van der Waals surface area contributed by atoms with Crippen LogP contribution in [-0.2, 0) is 4.79 Å². The molecule has 1 atom stereocenters. The van der Waals surface area contributed by atoms with Crippen molar-refractivity contribution in [2.75, 3.05) is 14.2 Å². The molecule has 0 aliphatic carbocycles. The van der Waals surface area contributed by atoms with Gasteiger partial charge in [-0.15, -0.1) is 0 Å². The van der Waals surface area contributed by atoms with Crippen LogP contribution < -0.4 is 9.47 Å². The molecule has 0 saturated carbocycles. The minimum atomic E-state index is -0.872. The van der Waals surface area contributed by atoms with E-state index in [1.807, 2.05) is 36.4 Å². The second-order valence-corrected chi connectivity index (χ2v) is 5.17. The Balaban J connectivity index is 2.57. The van der Waals surface area contributed by atoms with Gasteiger partial charge >= 0.3 is 5.97 Å². The van der Waals surface area contributed by atoms with Gasteiger partial charge in [-0.3, -0.25) is 4.79 Å². The van der Waals surface area contributed by atoms with E-state index in [0.29, 0.717) is 17.1 Å². The van der Waals surface area contributed by atoms with E-state index in [4.69, 9.17) is 9.47 Å². The van der Waals surface area contributed by atoms with Crippen LogP contribution in [0.15, 0.2) is 49.0 Å². The van der Waals surface area contributed by atoms with Crippen molar-refractivity contribution in [2.24, 2.45) is 0 Å². The quantitative estimate of drug-likeness (QED) is 0.877. The summed E-state index contributed by atoms with van der Waals surface area (Å²) in [6, 6.07) is 12.9. The minimum absolute atomic E-state index is 0.581. The Hall–Kier alpha value is -2.75. The highest BCUT2D eigenvalue weighted by atomic mass is 16.5. The third-order valence-electron chi connectivity index (χ3n) is 3.85. The summed E-state index contributed by atoms with van der Waals surface area (Å²) >= 11 is 0. The highest BCUT2D eigenvalue weighted by Crippen LogP contribution is 2.38. The largest absolute Gasteiger partial charge is 0.493 e. The fourth-order valence-electron chi connectivity index (χ4n) is 2.55. The summed E-state index contributed by atoms with van der Waals surface area (Å²) in [4.78, 5) is 11.4. The Morgan fingerprint density at radius 1 is 1.04 bits per heavy atom. The molecular formula is C19H20O4. The van der Waals surface area contributed by atoms with E-state index in [1.54, 1.807) is 27.2 Å². The number of aliphatic carboxylic acids is 1. The van der Waals surface area contributed by atoms with Crippen LogP contribution in [0.25, 0.3) is 5.57 Å². The Morgan fingerprint density at radius 3 is 2.30 bits per heavy atom. The molecule has 1 N–H and O–H groups in total. The molecule has 120 valence electrons. The van der Waals surface area contributed by atoms with E-state index >= 15 is 0 Å². The highest BCUT2D eigenvalue weighted by Gasteiger charge is 2.21. The number of hydrogen-bond acceptors (Lipinski definition) is 3. The van der Waals surface area contributed by atoms with Crippen LogP contribution in [0, 0.1) is 0 Å². The molecule has 1 unspecified atom stereocenters. The molecule has 2 rings (SSSR count). The van der Waals surface area contributed by atoms with E-state index in [9.17, 15) is 9.90 Å². The molecule has 4 heteroatoms. The molecule has 2 aromatic rings. The van der Waals surface area contributed by atoms with Crippen LogP contribution in [-0.4, -0.2) is 25.3 Å². The zero-order valence-electron chi connectivity index (χ0n) is 13.5. The molecular weight excluding hydrogens is 292 g/mol. The molecule has 0 aliphatic rings. The third kappa shape index (κ3) is 3.21. The standard InChI is InChI=1S/C19H20O4/c1-12(16-10-7-11-17(22-3)18(16)23-4)14-8-5-6-9-15(14)13(2)19(20)21/h5-11,13H,1H2,2-4H3,(H,20,21). The van der Waals surface area contributed by atoms with Crippen LogP contribution >= 0.6 is 0 Å². The maximum absolute atomic E-state index is 11.4. The van der Waals surface area contributed by atoms with Crippen molar-refractivity contribution in [1.29, 1.82) is 0 Å². The predicted octanol–water partition coefficient (Wildman–Crippen LogP) is 3.95. The molecule has 0 aromatic heterocycles. The fourth-order valence-corrected chi connectivity index (χ4v) is 2.55. The third-order valence-corrected chi connectivity index (χ3v) is 3.85. The number of ether oxygens (including phenoxy) is 2. The van der Waals surface area contributed by atoms with Gasteiger partial charge in [-0.05, 0) is 29.7 Å². The average molecular weight is 312 g/mol. The molecule has 0 aliphatic heterocycles. The summed E-state index contributed by atoms with van der Waals surface area (Å²) in [5.74, 6) is -0.310. The molecule has 0 amide bonds. The van der Waals surface area contributed by atoms with E-state index in [2.05, 4.69) is 6.58 Å². The number of benzene rings is 2. The summed E-state index contributed by atoms with van der Waals surface area (Å²) in [7, 11) is 3.14. The highest BCUT2D eigenvalue weighted by molar-refractivity contribution is 5.87. The first-order valence-electron chi connectivity index (χ1n) is 7.23. The Kier molecular flexibility index (Phi) is 5.06. The molecule has 0 saturated heterocycles. The Labute approximate surface area is 136 Å². The zero-order chi connectivity index (χ0) is 17.0. The van der Waals surface area contributed by atoms with Gasteiger partial charge in [0.05, 0.1) is 20.1 Å². The van der Waals surface area contributed by atoms with Gasteiger partial charge in [0, 0.05) is 5.56 Å². The molecule has 0 spiro atoms. The number of para-hydroxylation sites is 1. The van der Waals surface area contributed by atoms with Crippen molar-refractivity contribution in [2.45, 2.75) is 12.8 Å². The molecule has 23 heavy (non-hydrogen) atoms.